The van der Waals surface area contributed by atoms with Crippen LogP contribution < -0.4 is 9.62 Å². The Kier molecular flexibility index (Phi) is 6.01. The minimum absolute atomic E-state index is 0.0528. The van der Waals surface area contributed by atoms with Crippen LogP contribution in [0, 0.1) is 0 Å². The minimum Gasteiger partial charge on any atom is -0.369 e. The number of benzene rings is 1. The van der Waals surface area contributed by atoms with Crippen LogP contribution in [0.15, 0.2) is 30.3 Å². The monoisotopic (exact) mass is 361 g/mol. The predicted molar refractivity (Wildman–Crippen MR) is 91.5 cm³/mol. The molecule has 130 valence electrons. The molecule has 0 spiro atoms. The lowest BCUT2D eigenvalue weighted by molar-refractivity contribution is 0.385. The molecular formula is C14H23N3O4S2. The first kappa shape index (κ1) is 18.2. The Labute approximate surface area is 138 Å². The number of anilines is 1. The van der Waals surface area contributed by atoms with Crippen LogP contribution in [0.1, 0.15) is 6.92 Å². The summed E-state index contributed by atoms with van der Waals surface area (Å²) >= 11 is 0. The van der Waals surface area contributed by atoms with Crippen LogP contribution in [-0.4, -0.2) is 65.4 Å². The van der Waals surface area contributed by atoms with Gasteiger partial charge in [0.25, 0.3) is 0 Å². The van der Waals surface area contributed by atoms with E-state index in [0.717, 1.165) is 5.69 Å². The van der Waals surface area contributed by atoms with Crippen LogP contribution in [0.2, 0.25) is 0 Å². The second-order valence-corrected chi connectivity index (χ2v) is 9.52. The molecule has 1 aromatic rings. The van der Waals surface area contributed by atoms with E-state index in [1.54, 1.807) is 0 Å². The Morgan fingerprint density at radius 2 is 1.61 bits per heavy atom. The zero-order chi connectivity index (χ0) is 16.9. The Balaban J connectivity index is 1.86. The zero-order valence-electron chi connectivity index (χ0n) is 13.2. The minimum atomic E-state index is -3.44. The molecule has 2 rings (SSSR count). The van der Waals surface area contributed by atoms with E-state index >= 15 is 0 Å². The Bertz CT molecular complexity index is 697. The molecule has 0 aromatic heterocycles. The molecule has 7 nitrogen and oxygen atoms in total. The van der Waals surface area contributed by atoms with Crippen LogP contribution in [0.25, 0.3) is 0 Å². The Hall–Kier alpha value is -1.16. The summed E-state index contributed by atoms with van der Waals surface area (Å²) in [5, 5.41) is 0. The molecule has 1 aliphatic heterocycles. The lowest BCUT2D eigenvalue weighted by Gasteiger charge is -2.35. The van der Waals surface area contributed by atoms with E-state index in [2.05, 4.69) is 9.62 Å². The number of nitrogens with zero attached hydrogens (tertiary/aromatic N) is 2. The number of sulfonamides is 2. The molecule has 0 unspecified atom stereocenters. The summed E-state index contributed by atoms with van der Waals surface area (Å²) in [5.74, 6) is -0.264. The molecule has 0 bridgehead atoms. The molecular weight excluding hydrogens is 338 g/mol. The second kappa shape index (κ2) is 7.61. The number of piperazine rings is 1. The van der Waals surface area contributed by atoms with Crippen molar-refractivity contribution < 1.29 is 16.8 Å². The molecule has 0 amide bonds. The maximum Gasteiger partial charge on any atom is 0.215 e. The summed E-state index contributed by atoms with van der Waals surface area (Å²) in [6.07, 6.45) is 0. The van der Waals surface area contributed by atoms with E-state index in [1.165, 1.54) is 11.2 Å². The number of nitrogens with one attached hydrogen (secondary N) is 1. The van der Waals surface area contributed by atoms with E-state index in [9.17, 15) is 16.8 Å². The molecule has 0 saturated carbocycles. The van der Waals surface area contributed by atoms with Gasteiger partial charge in [0.1, 0.15) is 0 Å². The number of para-hydroxylation sites is 1. The van der Waals surface area contributed by atoms with Crippen molar-refractivity contribution in [1.82, 2.24) is 9.03 Å². The lowest BCUT2D eigenvalue weighted by Crippen LogP contribution is -2.50. The van der Waals surface area contributed by atoms with E-state index in [1.807, 2.05) is 30.3 Å². The van der Waals surface area contributed by atoms with Crippen molar-refractivity contribution in [3.8, 4) is 0 Å². The third-order valence-corrected chi connectivity index (χ3v) is 7.09. The van der Waals surface area contributed by atoms with Gasteiger partial charge < -0.3 is 4.90 Å². The topological polar surface area (TPSA) is 86.8 Å². The van der Waals surface area contributed by atoms with E-state index in [0.29, 0.717) is 26.2 Å². The fourth-order valence-electron chi connectivity index (χ4n) is 2.42. The molecule has 0 aliphatic carbocycles. The van der Waals surface area contributed by atoms with Crippen molar-refractivity contribution in [2.75, 3.05) is 49.1 Å². The van der Waals surface area contributed by atoms with Gasteiger partial charge in [-0.1, -0.05) is 18.2 Å². The third kappa shape index (κ3) is 5.17. The number of rotatable bonds is 7. The summed E-state index contributed by atoms with van der Waals surface area (Å²) in [7, 11) is -6.80. The van der Waals surface area contributed by atoms with Crippen molar-refractivity contribution in [3.63, 3.8) is 0 Å². The van der Waals surface area contributed by atoms with Crippen LogP contribution >= 0.6 is 0 Å². The van der Waals surface area contributed by atoms with Crippen molar-refractivity contribution in [2.24, 2.45) is 0 Å². The summed E-state index contributed by atoms with van der Waals surface area (Å²) in [6.45, 7) is 3.51. The highest BCUT2D eigenvalue weighted by Crippen LogP contribution is 2.17. The molecule has 1 N–H and O–H groups in total. The first-order valence-corrected chi connectivity index (χ1v) is 10.9. The van der Waals surface area contributed by atoms with Gasteiger partial charge in [0.15, 0.2) is 0 Å². The standard InChI is InChI=1S/C14H23N3O4S2/c1-2-22(18,19)15-8-13-23(20,21)17-11-9-16(10-12-17)14-6-4-3-5-7-14/h3-7,15H,2,8-13H2,1H3. The SMILES string of the molecule is CCS(=O)(=O)NCCS(=O)(=O)N1CCN(c2ccccc2)CC1. The molecule has 0 atom stereocenters. The third-order valence-electron chi connectivity index (χ3n) is 3.82. The van der Waals surface area contributed by atoms with Gasteiger partial charge in [0.05, 0.1) is 11.5 Å². The number of hydrogen-bond acceptors (Lipinski definition) is 5. The molecule has 1 fully saturated rings. The van der Waals surface area contributed by atoms with E-state index in [4.69, 9.17) is 0 Å². The average molecular weight is 361 g/mol. The van der Waals surface area contributed by atoms with Crippen molar-refractivity contribution in [2.45, 2.75) is 6.92 Å². The highest BCUT2D eigenvalue weighted by molar-refractivity contribution is 7.90. The quantitative estimate of drug-likeness (QED) is 0.743. The molecule has 1 heterocycles. The molecule has 0 radical (unpaired) electrons. The largest absolute Gasteiger partial charge is 0.369 e. The molecule has 1 aromatic carbocycles. The van der Waals surface area contributed by atoms with Gasteiger partial charge in [-0.15, -0.1) is 0 Å². The molecule has 1 saturated heterocycles. The Morgan fingerprint density at radius 3 is 2.17 bits per heavy atom. The average Bonchev–Trinajstić information content (AvgIpc) is 2.55. The fourth-order valence-corrected chi connectivity index (χ4v) is 4.50. The molecule has 23 heavy (non-hydrogen) atoms. The van der Waals surface area contributed by atoms with Gasteiger partial charge in [-0.3, -0.25) is 0 Å². The predicted octanol–water partition coefficient (Wildman–Crippen LogP) is 0.0777. The Morgan fingerprint density at radius 1 is 1.00 bits per heavy atom. The van der Waals surface area contributed by atoms with Gasteiger partial charge in [0.2, 0.25) is 20.0 Å². The summed E-state index contributed by atoms with van der Waals surface area (Å²) in [5.41, 5.74) is 1.08. The maximum absolute atomic E-state index is 12.3. The van der Waals surface area contributed by atoms with Crippen LogP contribution in [-0.2, 0) is 20.0 Å². The normalized spacial score (nSPS) is 17.3. The van der Waals surface area contributed by atoms with Crippen molar-refractivity contribution >= 4 is 25.7 Å². The van der Waals surface area contributed by atoms with E-state index < -0.39 is 20.0 Å². The second-order valence-electron chi connectivity index (χ2n) is 5.34. The van der Waals surface area contributed by atoms with Gasteiger partial charge in [-0.2, -0.15) is 4.31 Å². The maximum atomic E-state index is 12.3. The molecule has 1 aliphatic rings. The van der Waals surface area contributed by atoms with Crippen molar-refractivity contribution in [1.29, 1.82) is 0 Å². The summed E-state index contributed by atoms with van der Waals surface area (Å²) in [6, 6.07) is 9.87. The molecule has 9 heteroatoms. The van der Waals surface area contributed by atoms with Gasteiger partial charge in [-0.25, -0.2) is 21.6 Å². The zero-order valence-corrected chi connectivity index (χ0v) is 14.8. The van der Waals surface area contributed by atoms with Crippen LogP contribution in [0.5, 0.6) is 0 Å². The first-order valence-electron chi connectivity index (χ1n) is 7.59. The summed E-state index contributed by atoms with van der Waals surface area (Å²) < 4.78 is 51.0. The highest BCUT2D eigenvalue weighted by Gasteiger charge is 2.27. The van der Waals surface area contributed by atoms with Gasteiger partial charge in [-0.05, 0) is 19.1 Å². The smallest absolute Gasteiger partial charge is 0.215 e. The first-order chi connectivity index (χ1) is 10.8. The van der Waals surface area contributed by atoms with Crippen LogP contribution in [0.3, 0.4) is 0 Å². The van der Waals surface area contributed by atoms with Gasteiger partial charge >= 0.3 is 0 Å². The van der Waals surface area contributed by atoms with Crippen molar-refractivity contribution in [3.05, 3.63) is 30.3 Å². The number of hydrogen-bond donors (Lipinski definition) is 1. The fraction of sp³-hybridized carbons (Fsp3) is 0.571. The summed E-state index contributed by atoms with van der Waals surface area (Å²) in [4.78, 5) is 2.14. The van der Waals surface area contributed by atoms with E-state index in [-0.39, 0.29) is 18.1 Å². The highest BCUT2D eigenvalue weighted by atomic mass is 32.2. The van der Waals surface area contributed by atoms with Gasteiger partial charge in [0, 0.05) is 38.4 Å². The lowest BCUT2D eigenvalue weighted by atomic mass is 10.2. The van der Waals surface area contributed by atoms with Crippen LogP contribution in [0.4, 0.5) is 5.69 Å².